The summed E-state index contributed by atoms with van der Waals surface area (Å²) in [7, 11) is -3.99. The number of aryl methyl sites for hydroxylation is 2. The molecule has 7 nitrogen and oxygen atoms in total. The highest BCUT2D eigenvalue weighted by atomic mass is 32.2. The van der Waals surface area contributed by atoms with Gasteiger partial charge in [-0.15, -0.1) is 0 Å². The number of nitrogens with zero attached hydrogens (tertiary/aromatic N) is 1. The van der Waals surface area contributed by atoms with Gasteiger partial charge in [-0.2, -0.15) is 0 Å². The van der Waals surface area contributed by atoms with Gasteiger partial charge in [0.15, 0.2) is 10.9 Å². The van der Waals surface area contributed by atoms with E-state index in [-0.39, 0.29) is 27.1 Å². The van der Waals surface area contributed by atoms with E-state index in [0.29, 0.717) is 21.7 Å². The molecule has 190 valence electrons. The summed E-state index contributed by atoms with van der Waals surface area (Å²) in [5, 5.41) is 2.98. The molecule has 0 saturated heterocycles. The van der Waals surface area contributed by atoms with Gasteiger partial charge in [-0.1, -0.05) is 59.9 Å². The maximum atomic E-state index is 13.5. The number of thiazole rings is 1. The van der Waals surface area contributed by atoms with Crippen LogP contribution >= 0.6 is 11.3 Å². The first-order chi connectivity index (χ1) is 17.5. The maximum Gasteiger partial charge on any atom is 0.262 e. The fourth-order valence-corrected chi connectivity index (χ4v) is 6.69. The van der Waals surface area contributed by atoms with E-state index in [9.17, 15) is 18.0 Å². The standard InChI is InChI=1S/C28H27N3O4S2/c1-16-15-17(2)19(4)26(18(16)3)37(34,35)31-23-14-10-9-13-22(23)27(33)30-28-29-24(25(36-28)20(5)32)21-11-7-6-8-12-21/h6-15,31H,1-5H3,(H,29,30,33). The second kappa shape index (κ2) is 10.3. The van der Waals surface area contributed by atoms with Crippen molar-refractivity contribution in [3.63, 3.8) is 0 Å². The quantitative estimate of drug-likeness (QED) is 0.271. The van der Waals surface area contributed by atoms with Gasteiger partial charge in [0.2, 0.25) is 0 Å². The van der Waals surface area contributed by atoms with E-state index in [0.717, 1.165) is 28.0 Å². The minimum atomic E-state index is -3.99. The first-order valence-electron chi connectivity index (χ1n) is 11.6. The average Bonchev–Trinajstić information content (AvgIpc) is 3.27. The average molecular weight is 534 g/mol. The number of sulfonamides is 1. The third kappa shape index (κ3) is 5.33. The molecule has 0 saturated carbocycles. The summed E-state index contributed by atoms with van der Waals surface area (Å²) >= 11 is 1.08. The van der Waals surface area contributed by atoms with E-state index in [1.54, 1.807) is 26.0 Å². The van der Waals surface area contributed by atoms with Crippen LogP contribution in [0.15, 0.2) is 65.6 Å². The Labute approximate surface area is 220 Å². The number of para-hydroxylation sites is 1. The van der Waals surface area contributed by atoms with Gasteiger partial charge >= 0.3 is 0 Å². The second-order valence-electron chi connectivity index (χ2n) is 8.81. The van der Waals surface area contributed by atoms with Gasteiger partial charge < -0.3 is 0 Å². The van der Waals surface area contributed by atoms with Gasteiger partial charge in [-0.05, 0) is 62.1 Å². The van der Waals surface area contributed by atoms with Crippen LogP contribution in [0, 0.1) is 27.7 Å². The third-order valence-corrected chi connectivity index (χ3v) is 8.91. The van der Waals surface area contributed by atoms with Crippen molar-refractivity contribution in [3.8, 4) is 11.3 Å². The molecule has 0 fully saturated rings. The molecule has 1 heterocycles. The maximum absolute atomic E-state index is 13.5. The summed E-state index contributed by atoms with van der Waals surface area (Å²) in [6.45, 7) is 8.74. The monoisotopic (exact) mass is 533 g/mol. The highest BCUT2D eigenvalue weighted by Crippen LogP contribution is 2.33. The van der Waals surface area contributed by atoms with Crippen molar-refractivity contribution in [2.75, 3.05) is 10.0 Å². The SMILES string of the molecule is CC(=O)c1sc(NC(=O)c2ccccc2NS(=O)(=O)c2c(C)c(C)cc(C)c2C)nc1-c1ccccc1. The molecular formula is C28H27N3O4S2. The van der Waals surface area contributed by atoms with Gasteiger partial charge in [0.05, 0.1) is 26.7 Å². The number of amides is 1. The lowest BCUT2D eigenvalue weighted by atomic mass is 10.0. The first kappa shape index (κ1) is 26.2. The van der Waals surface area contributed by atoms with Gasteiger partial charge in [0.1, 0.15) is 0 Å². The molecule has 0 unspecified atom stereocenters. The van der Waals surface area contributed by atoms with Crippen LogP contribution in [-0.2, 0) is 10.0 Å². The van der Waals surface area contributed by atoms with Crippen LogP contribution in [0.4, 0.5) is 10.8 Å². The first-order valence-corrected chi connectivity index (χ1v) is 13.9. The zero-order valence-electron chi connectivity index (χ0n) is 21.2. The van der Waals surface area contributed by atoms with Crippen molar-refractivity contribution in [2.45, 2.75) is 39.5 Å². The van der Waals surface area contributed by atoms with E-state index >= 15 is 0 Å². The van der Waals surface area contributed by atoms with E-state index in [1.165, 1.54) is 19.1 Å². The Morgan fingerprint density at radius 2 is 1.46 bits per heavy atom. The number of benzene rings is 3. The number of hydrogen-bond donors (Lipinski definition) is 2. The Balaban J connectivity index is 1.67. The zero-order valence-corrected chi connectivity index (χ0v) is 22.8. The fraction of sp³-hybridized carbons (Fsp3) is 0.179. The summed E-state index contributed by atoms with van der Waals surface area (Å²) in [5.41, 5.74) is 4.58. The Morgan fingerprint density at radius 1 is 0.865 bits per heavy atom. The lowest BCUT2D eigenvalue weighted by molar-refractivity contribution is 0.101. The topological polar surface area (TPSA) is 105 Å². The predicted octanol–water partition coefficient (Wildman–Crippen LogP) is 6.30. The molecule has 37 heavy (non-hydrogen) atoms. The fourth-order valence-electron chi connectivity index (χ4n) is 4.12. The van der Waals surface area contributed by atoms with E-state index in [1.807, 2.05) is 50.2 Å². The molecule has 0 spiro atoms. The number of carbonyl (C=O) groups is 2. The van der Waals surface area contributed by atoms with E-state index < -0.39 is 15.9 Å². The van der Waals surface area contributed by atoms with Crippen molar-refractivity contribution in [1.82, 2.24) is 4.98 Å². The number of rotatable bonds is 7. The van der Waals surface area contributed by atoms with Gasteiger partial charge in [0, 0.05) is 12.5 Å². The lowest BCUT2D eigenvalue weighted by Crippen LogP contribution is -2.20. The Hall–Kier alpha value is -3.82. The van der Waals surface area contributed by atoms with Gasteiger partial charge in [-0.25, -0.2) is 13.4 Å². The molecule has 4 rings (SSSR count). The number of aromatic nitrogens is 1. The molecule has 0 radical (unpaired) electrons. The van der Waals surface area contributed by atoms with E-state index in [2.05, 4.69) is 15.0 Å². The summed E-state index contributed by atoms with van der Waals surface area (Å²) < 4.78 is 29.5. The van der Waals surface area contributed by atoms with Crippen molar-refractivity contribution >= 4 is 43.9 Å². The van der Waals surface area contributed by atoms with Crippen LogP contribution in [0.25, 0.3) is 11.3 Å². The molecule has 4 aromatic rings. The Bertz CT molecular complexity index is 1600. The highest BCUT2D eigenvalue weighted by Gasteiger charge is 2.25. The van der Waals surface area contributed by atoms with E-state index in [4.69, 9.17) is 0 Å². The number of anilines is 2. The van der Waals surface area contributed by atoms with Gasteiger partial charge in [0.25, 0.3) is 15.9 Å². The third-order valence-electron chi connectivity index (χ3n) is 6.20. The van der Waals surface area contributed by atoms with Crippen molar-refractivity contribution < 1.29 is 18.0 Å². The minimum absolute atomic E-state index is 0.131. The minimum Gasteiger partial charge on any atom is -0.298 e. The molecule has 1 amide bonds. The van der Waals surface area contributed by atoms with Crippen LogP contribution < -0.4 is 10.0 Å². The second-order valence-corrected chi connectivity index (χ2v) is 11.4. The van der Waals surface area contributed by atoms with Crippen LogP contribution in [0.3, 0.4) is 0 Å². The van der Waals surface area contributed by atoms with Gasteiger partial charge in [-0.3, -0.25) is 19.6 Å². The molecule has 0 aliphatic heterocycles. The summed E-state index contributed by atoms with van der Waals surface area (Å²) in [6.07, 6.45) is 0. The van der Waals surface area contributed by atoms with Crippen LogP contribution in [0.1, 0.15) is 49.2 Å². The van der Waals surface area contributed by atoms with Crippen LogP contribution in [0.2, 0.25) is 0 Å². The molecule has 0 aliphatic carbocycles. The number of carbonyl (C=O) groups excluding carboxylic acids is 2. The molecule has 9 heteroatoms. The molecule has 0 atom stereocenters. The summed E-state index contributed by atoms with van der Waals surface area (Å²) in [4.78, 5) is 30.6. The molecule has 0 bridgehead atoms. The van der Waals surface area contributed by atoms with Crippen molar-refractivity contribution in [2.24, 2.45) is 0 Å². The van der Waals surface area contributed by atoms with Crippen molar-refractivity contribution in [3.05, 3.63) is 93.4 Å². The summed E-state index contributed by atoms with van der Waals surface area (Å²) in [5.74, 6) is -0.708. The smallest absolute Gasteiger partial charge is 0.262 e. The van der Waals surface area contributed by atoms with Crippen LogP contribution in [-0.4, -0.2) is 25.1 Å². The molecular weight excluding hydrogens is 506 g/mol. The molecule has 1 aromatic heterocycles. The molecule has 3 aromatic carbocycles. The number of ketones is 1. The molecule has 0 aliphatic rings. The largest absolute Gasteiger partial charge is 0.298 e. The normalized spacial score (nSPS) is 11.3. The number of Topliss-reactive ketones (excluding diaryl/α,β-unsaturated/α-hetero) is 1. The zero-order chi connectivity index (χ0) is 26.9. The predicted molar refractivity (Wildman–Crippen MR) is 148 cm³/mol. The van der Waals surface area contributed by atoms with Crippen molar-refractivity contribution in [1.29, 1.82) is 0 Å². The lowest BCUT2D eigenvalue weighted by Gasteiger charge is -2.18. The Morgan fingerprint density at radius 3 is 2.08 bits per heavy atom. The van der Waals surface area contributed by atoms with Crippen LogP contribution in [0.5, 0.6) is 0 Å². The highest BCUT2D eigenvalue weighted by molar-refractivity contribution is 7.92. The number of nitrogens with one attached hydrogen (secondary N) is 2. The Kier molecular flexibility index (Phi) is 7.29. The summed E-state index contributed by atoms with van der Waals surface area (Å²) in [6, 6.07) is 17.6. The number of hydrogen-bond acceptors (Lipinski definition) is 6. The molecule has 2 N–H and O–H groups in total.